The molecule has 0 aliphatic carbocycles. The van der Waals surface area contributed by atoms with E-state index in [0.717, 1.165) is 35.7 Å². The van der Waals surface area contributed by atoms with Gasteiger partial charge in [0.1, 0.15) is 0 Å². The summed E-state index contributed by atoms with van der Waals surface area (Å²) in [5.41, 5.74) is 1.64. The van der Waals surface area contributed by atoms with E-state index in [0.29, 0.717) is 6.04 Å². The van der Waals surface area contributed by atoms with Gasteiger partial charge < -0.3 is 10.2 Å². The molecule has 1 aliphatic rings. The first-order chi connectivity index (χ1) is 8.58. The van der Waals surface area contributed by atoms with Gasteiger partial charge in [-0.2, -0.15) is 16.9 Å². The van der Waals surface area contributed by atoms with Gasteiger partial charge in [0.25, 0.3) is 0 Å². The Bertz CT molecular complexity index is 426. The smallest absolute Gasteiger partial charge is 0.321 e. The second kappa shape index (κ2) is 5.65. The van der Waals surface area contributed by atoms with E-state index in [1.165, 1.54) is 0 Å². The summed E-state index contributed by atoms with van der Waals surface area (Å²) in [4.78, 5) is 14.0. The van der Waals surface area contributed by atoms with Crippen LogP contribution in [0.3, 0.4) is 0 Å². The highest BCUT2D eigenvalue weighted by atomic mass is 32.2. The fourth-order valence-corrected chi connectivity index (χ4v) is 3.25. The van der Waals surface area contributed by atoms with Crippen molar-refractivity contribution >= 4 is 23.5 Å². The Labute approximate surface area is 112 Å². The molecule has 6 heteroatoms. The van der Waals surface area contributed by atoms with Gasteiger partial charge in [-0.15, -0.1) is 0 Å². The third-order valence-corrected chi connectivity index (χ3v) is 4.36. The van der Waals surface area contributed by atoms with Gasteiger partial charge in [-0.05, 0) is 31.3 Å². The molecule has 2 heterocycles. The van der Waals surface area contributed by atoms with E-state index in [2.05, 4.69) is 10.4 Å². The predicted molar refractivity (Wildman–Crippen MR) is 75.1 cm³/mol. The van der Waals surface area contributed by atoms with Gasteiger partial charge in [0.05, 0.1) is 11.4 Å². The Morgan fingerprint density at radius 2 is 2.22 bits per heavy atom. The van der Waals surface area contributed by atoms with Crippen LogP contribution in [0.2, 0.25) is 0 Å². The molecule has 1 fully saturated rings. The molecule has 1 N–H and O–H groups in total. The van der Waals surface area contributed by atoms with Crippen molar-refractivity contribution in [2.24, 2.45) is 7.05 Å². The number of urea groups is 1. The van der Waals surface area contributed by atoms with Crippen LogP contribution in [0.5, 0.6) is 0 Å². The average Bonchev–Trinajstić information content (AvgIpc) is 2.68. The second-order valence-corrected chi connectivity index (χ2v) is 5.91. The van der Waals surface area contributed by atoms with Crippen molar-refractivity contribution in [1.29, 1.82) is 0 Å². The zero-order chi connectivity index (χ0) is 13.1. The first-order valence-corrected chi connectivity index (χ1v) is 7.35. The minimum Gasteiger partial charge on any atom is -0.325 e. The molecule has 1 aliphatic heterocycles. The molecule has 0 unspecified atom stereocenters. The molecule has 0 bridgehead atoms. The minimum atomic E-state index is -0.0389. The molecule has 1 aromatic rings. The zero-order valence-corrected chi connectivity index (χ0v) is 12.0. The molecule has 1 aromatic heterocycles. The zero-order valence-electron chi connectivity index (χ0n) is 11.1. The van der Waals surface area contributed by atoms with E-state index < -0.39 is 0 Å². The summed E-state index contributed by atoms with van der Waals surface area (Å²) in [5, 5.41) is 7.14. The van der Waals surface area contributed by atoms with Crippen LogP contribution in [0.4, 0.5) is 10.5 Å². The molecule has 0 spiro atoms. The number of aromatic nitrogens is 2. The SMILES string of the molecule is Cc1nn(C)cc1NC(=O)N(C)C1CCSCC1. The number of nitrogens with zero attached hydrogens (tertiary/aromatic N) is 3. The van der Waals surface area contributed by atoms with Gasteiger partial charge in [-0.3, -0.25) is 4.68 Å². The predicted octanol–water partition coefficient (Wildman–Crippen LogP) is 2.09. The number of amides is 2. The molecule has 2 rings (SSSR count). The van der Waals surface area contributed by atoms with E-state index >= 15 is 0 Å². The molecule has 2 amide bonds. The van der Waals surface area contributed by atoms with Crippen molar-refractivity contribution < 1.29 is 4.79 Å². The summed E-state index contributed by atoms with van der Waals surface area (Å²) < 4.78 is 1.71. The highest BCUT2D eigenvalue weighted by Gasteiger charge is 2.22. The van der Waals surface area contributed by atoms with Crippen molar-refractivity contribution in [3.8, 4) is 0 Å². The van der Waals surface area contributed by atoms with Crippen molar-refractivity contribution in [2.45, 2.75) is 25.8 Å². The lowest BCUT2D eigenvalue weighted by atomic mass is 10.1. The van der Waals surface area contributed by atoms with Crippen LogP contribution in [0, 0.1) is 6.92 Å². The minimum absolute atomic E-state index is 0.0389. The van der Waals surface area contributed by atoms with Crippen LogP contribution in [-0.4, -0.2) is 45.3 Å². The lowest BCUT2D eigenvalue weighted by molar-refractivity contribution is 0.200. The maximum Gasteiger partial charge on any atom is 0.321 e. The van der Waals surface area contributed by atoms with E-state index in [1.807, 2.05) is 43.9 Å². The Hall–Kier alpha value is -1.17. The topological polar surface area (TPSA) is 50.2 Å². The van der Waals surface area contributed by atoms with Crippen molar-refractivity contribution in [1.82, 2.24) is 14.7 Å². The first kappa shape index (κ1) is 13.3. The number of carbonyl (C=O) groups is 1. The average molecular weight is 268 g/mol. The summed E-state index contributed by atoms with van der Waals surface area (Å²) in [6, 6.07) is 0.325. The number of nitrogens with one attached hydrogen (secondary N) is 1. The van der Waals surface area contributed by atoms with Gasteiger partial charge in [0.15, 0.2) is 0 Å². The van der Waals surface area contributed by atoms with Gasteiger partial charge in [-0.25, -0.2) is 4.79 Å². The monoisotopic (exact) mass is 268 g/mol. The summed E-state index contributed by atoms with van der Waals surface area (Å²) in [7, 11) is 3.73. The first-order valence-electron chi connectivity index (χ1n) is 6.19. The Balaban J connectivity index is 1.96. The van der Waals surface area contributed by atoms with Gasteiger partial charge in [0.2, 0.25) is 0 Å². The Morgan fingerprint density at radius 1 is 1.56 bits per heavy atom. The van der Waals surface area contributed by atoms with E-state index in [-0.39, 0.29) is 6.03 Å². The maximum atomic E-state index is 12.1. The van der Waals surface area contributed by atoms with Gasteiger partial charge in [0, 0.05) is 26.3 Å². The molecule has 0 saturated carbocycles. The standard InChI is InChI=1S/C12H20N4OS/c1-9-11(8-15(2)14-9)13-12(17)16(3)10-4-6-18-7-5-10/h8,10H,4-7H2,1-3H3,(H,13,17). The van der Waals surface area contributed by atoms with Crippen molar-refractivity contribution in [3.05, 3.63) is 11.9 Å². The molecule has 100 valence electrons. The number of aryl methyl sites for hydroxylation is 2. The molecule has 0 radical (unpaired) electrons. The number of hydrogen-bond donors (Lipinski definition) is 1. The van der Waals surface area contributed by atoms with E-state index in [9.17, 15) is 4.79 Å². The second-order valence-electron chi connectivity index (χ2n) is 4.69. The fourth-order valence-electron chi connectivity index (χ4n) is 2.16. The summed E-state index contributed by atoms with van der Waals surface area (Å²) >= 11 is 1.97. The van der Waals surface area contributed by atoms with Crippen LogP contribution in [0.1, 0.15) is 18.5 Å². The largest absolute Gasteiger partial charge is 0.325 e. The number of anilines is 1. The van der Waals surface area contributed by atoms with E-state index in [1.54, 1.807) is 4.68 Å². The number of hydrogen-bond acceptors (Lipinski definition) is 3. The van der Waals surface area contributed by atoms with Crippen LogP contribution >= 0.6 is 11.8 Å². The lowest BCUT2D eigenvalue weighted by Gasteiger charge is -2.30. The quantitative estimate of drug-likeness (QED) is 0.893. The number of rotatable bonds is 2. The summed E-state index contributed by atoms with van der Waals surface area (Å²) in [5.74, 6) is 2.29. The maximum absolute atomic E-state index is 12.1. The highest BCUT2D eigenvalue weighted by Crippen LogP contribution is 2.21. The van der Waals surface area contributed by atoms with Crippen LogP contribution in [0.15, 0.2) is 6.20 Å². The molecule has 18 heavy (non-hydrogen) atoms. The summed E-state index contributed by atoms with van der Waals surface area (Å²) in [6.45, 7) is 1.90. The van der Waals surface area contributed by atoms with Crippen molar-refractivity contribution in [3.63, 3.8) is 0 Å². The van der Waals surface area contributed by atoms with Crippen LogP contribution < -0.4 is 5.32 Å². The molecular weight excluding hydrogens is 248 g/mol. The molecular formula is C12H20N4OS. The number of carbonyl (C=O) groups excluding carboxylic acids is 1. The van der Waals surface area contributed by atoms with Gasteiger partial charge in [-0.1, -0.05) is 0 Å². The Kier molecular flexibility index (Phi) is 4.16. The molecule has 1 saturated heterocycles. The van der Waals surface area contributed by atoms with Crippen molar-refractivity contribution in [2.75, 3.05) is 23.9 Å². The normalized spacial score (nSPS) is 16.6. The third kappa shape index (κ3) is 2.98. The summed E-state index contributed by atoms with van der Waals surface area (Å²) in [6.07, 6.45) is 4.00. The third-order valence-electron chi connectivity index (χ3n) is 3.31. The lowest BCUT2D eigenvalue weighted by Crippen LogP contribution is -2.41. The van der Waals surface area contributed by atoms with Crippen LogP contribution in [-0.2, 0) is 7.05 Å². The van der Waals surface area contributed by atoms with Crippen LogP contribution in [0.25, 0.3) is 0 Å². The van der Waals surface area contributed by atoms with Gasteiger partial charge >= 0.3 is 6.03 Å². The molecule has 5 nitrogen and oxygen atoms in total. The number of thioether (sulfide) groups is 1. The molecule has 0 aromatic carbocycles. The Morgan fingerprint density at radius 3 is 2.78 bits per heavy atom. The molecule has 0 atom stereocenters. The fraction of sp³-hybridized carbons (Fsp3) is 0.667. The highest BCUT2D eigenvalue weighted by molar-refractivity contribution is 7.99. The van der Waals surface area contributed by atoms with E-state index in [4.69, 9.17) is 0 Å².